The van der Waals surface area contributed by atoms with E-state index in [0.29, 0.717) is 12.4 Å². The molecule has 0 spiro atoms. The fraction of sp³-hybridized carbons (Fsp3) is 0.500. The molecule has 0 aliphatic carbocycles. The van der Waals surface area contributed by atoms with Crippen molar-refractivity contribution < 1.29 is 4.79 Å². The Bertz CT molecular complexity index is 371. The minimum Gasteiger partial charge on any atom is -0.338 e. The number of pyridine rings is 1. The molecule has 0 aromatic carbocycles. The molecule has 0 atom stereocenters. The average Bonchev–Trinajstić information content (AvgIpc) is 2.33. The summed E-state index contributed by atoms with van der Waals surface area (Å²) < 4.78 is 0.723. The minimum absolute atomic E-state index is 0.119. The van der Waals surface area contributed by atoms with Gasteiger partial charge in [-0.15, -0.1) is 0 Å². The van der Waals surface area contributed by atoms with Crippen molar-refractivity contribution in [2.75, 3.05) is 18.5 Å². The van der Waals surface area contributed by atoms with Gasteiger partial charge in [-0.1, -0.05) is 25.8 Å². The van der Waals surface area contributed by atoms with Crippen molar-refractivity contribution in [1.82, 2.24) is 10.3 Å². The Kier molecular flexibility index (Phi) is 5.97. The first-order valence-corrected chi connectivity index (χ1v) is 6.58. The van der Waals surface area contributed by atoms with Crippen molar-refractivity contribution in [1.29, 1.82) is 0 Å². The van der Waals surface area contributed by atoms with E-state index < -0.39 is 0 Å². The van der Waals surface area contributed by atoms with Crippen molar-refractivity contribution in [3.8, 4) is 0 Å². The lowest BCUT2D eigenvalue weighted by molar-refractivity contribution is 0.247. The van der Waals surface area contributed by atoms with Gasteiger partial charge in [0.2, 0.25) is 0 Å². The molecule has 17 heavy (non-hydrogen) atoms. The largest absolute Gasteiger partial charge is 0.338 e. The summed E-state index contributed by atoms with van der Waals surface area (Å²) in [5.41, 5.74) is 0. The van der Waals surface area contributed by atoms with Gasteiger partial charge in [-0.05, 0) is 34.5 Å². The number of nitrogens with one attached hydrogen (secondary N) is 1. The number of unbranched alkanes of at least 4 members (excludes halogenated alkanes) is 2. The maximum atomic E-state index is 11.8. The molecule has 0 fully saturated rings. The van der Waals surface area contributed by atoms with Crippen LogP contribution in [-0.4, -0.2) is 24.6 Å². The summed E-state index contributed by atoms with van der Waals surface area (Å²) in [4.78, 5) is 17.5. The highest BCUT2D eigenvalue weighted by molar-refractivity contribution is 9.10. The van der Waals surface area contributed by atoms with Crippen molar-refractivity contribution in [2.24, 2.45) is 0 Å². The van der Waals surface area contributed by atoms with Crippen molar-refractivity contribution >= 4 is 27.8 Å². The Morgan fingerprint density at radius 1 is 1.47 bits per heavy atom. The Morgan fingerprint density at radius 2 is 2.24 bits per heavy atom. The lowest BCUT2D eigenvalue weighted by Gasteiger charge is -2.17. The first kappa shape index (κ1) is 14.0. The number of amides is 2. The number of urea groups is 1. The van der Waals surface area contributed by atoms with Crippen LogP contribution in [0.5, 0.6) is 0 Å². The predicted octanol–water partition coefficient (Wildman–Crippen LogP) is 3.18. The van der Waals surface area contributed by atoms with E-state index >= 15 is 0 Å². The van der Waals surface area contributed by atoms with Crippen molar-refractivity contribution in [2.45, 2.75) is 26.2 Å². The molecule has 0 bridgehead atoms. The predicted molar refractivity (Wildman–Crippen MR) is 73.3 cm³/mol. The fourth-order valence-electron chi connectivity index (χ4n) is 1.38. The smallest absolute Gasteiger partial charge is 0.322 e. The van der Waals surface area contributed by atoms with Gasteiger partial charge in [0, 0.05) is 13.6 Å². The summed E-state index contributed by atoms with van der Waals surface area (Å²) in [6.07, 6.45) is 3.31. The monoisotopic (exact) mass is 299 g/mol. The van der Waals surface area contributed by atoms with E-state index in [4.69, 9.17) is 0 Å². The van der Waals surface area contributed by atoms with Crippen LogP contribution >= 0.6 is 15.9 Å². The highest BCUT2D eigenvalue weighted by atomic mass is 79.9. The Morgan fingerprint density at radius 3 is 2.88 bits per heavy atom. The van der Waals surface area contributed by atoms with E-state index in [2.05, 4.69) is 33.2 Å². The molecule has 1 aromatic heterocycles. The number of anilines is 1. The van der Waals surface area contributed by atoms with E-state index in [9.17, 15) is 4.79 Å². The third-order valence-electron chi connectivity index (χ3n) is 2.41. The standard InChI is InChI=1S/C12H18BrN3O/c1-3-4-5-9-14-12(17)16(2)11-8-6-7-10(13)15-11/h6-8H,3-5,9H2,1-2H3,(H,14,17). The van der Waals surface area contributed by atoms with Gasteiger partial charge in [-0.3, -0.25) is 4.90 Å². The minimum atomic E-state index is -0.119. The summed E-state index contributed by atoms with van der Waals surface area (Å²) >= 11 is 3.28. The quantitative estimate of drug-likeness (QED) is 0.670. The van der Waals surface area contributed by atoms with Crippen LogP contribution in [0.4, 0.5) is 10.6 Å². The highest BCUT2D eigenvalue weighted by Gasteiger charge is 2.10. The number of carbonyl (C=O) groups excluding carboxylic acids is 1. The normalized spacial score (nSPS) is 10.1. The molecule has 1 aromatic rings. The molecular formula is C12H18BrN3O. The number of hydrogen-bond donors (Lipinski definition) is 1. The molecule has 0 radical (unpaired) electrons. The van der Waals surface area contributed by atoms with Crippen LogP contribution in [0.2, 0.25) is 0 Å². The van der Waals surface area contributed by atoms with Gasteiger partial charge in [0.25, 0.3) is 0 Å². The van der Waals surface area contributed by atoms with Gasteiger partial charge < -0.3 is 5.32 Å². The molecule has 0 aliphatic heterocycles. The summed E-state index contributed by atoms with van der Waals surface area (Å²) in [6, 6.07) is 5.37. The van der Waals surface area contributed by atoms with Crippen LogP contribution in [0.15, 0.2) is 22.8 Å². The van der Waals surface area contributed by atoms with Gasteiger partial charge in [0.1, 0.15) is 10.4 Å². The van der Waals surface area contributed by atoms with E-state index in [1.165, 1.54) is 4.90 Å². The van der Waals surface area contributed by atoms with Gasteiger partial charge in [-0.2, -0.15) is 0 Å². The lowest BCUT2D eigenvalue weighted by Crippen LogP contribution is -2.38. The molecule has 1 rings (SSSR count). The zero-order valence-corrected chi connectivity index (χ0v) is 11.8. The molecule has 0 unspecified atom stereocenters. The molecule has 5 heteroatoms. The SMILES string of the molecule is CCCCCNC(=O)N(C)c1cccc(Br)n1. The Labute approximate surface area is 111 Å². The zero-order valence-electron chi connectivity index (χ0n) is 10.2. The summed E-state index contributed by atoms with van der Waals surface area (Å²) in [7, 11) is 1.71. The molecule has 1 N–H and O–H groups in total. The number of rotatable bonds is 5. The summed E-state index contributed by atoms with van der Waals surface area (Å²) in [6.45, 7) is 2.85. The van der Waals surface area contributed by atoms with Crippen LogP contribution in [0.25, 0.3) is 0 Å². The molecule has 2 amide bonds. The van der Waals surface area contributed by atoms with Crippen LogP contribution in [0.1, 0.15) is 26.2 Å². The van der Waals surface area contributed by atoms with Gasteiger partial charge in [0.05, 0.1) is 0 Å². The van der Waals surface area contributed by atoms with Crippen LogP contribution in [0, 0.1) is 0 Å². The third kappa shape index (κ3) is 4.73. The first-order valence-electron chi connectivity index (χ1n) is 5.79. The molecule has 4 nitrogen and oxygen atoms in total. The maximum absolute atomic E-state index is 11.8. The van der Waals surface area contributed by atoms with Crippen molar-refractivity contribution in [3.05, 3.63) is 22.8 Å². The topological polar surface area (TPSA) is 45.2 Å². The average molecular weight is 300 g/mol. The van der Waals surface area contributed by atoms with Crippen molar-refractivity contribution in [3.63, 3.8) is 0 Å². The number of nitrogens with zero attached hydrogens (tertiary/aromatic N) is 2. The molecule has 1 heterocycles. The van der Waals surface area contributed by atoms with E-state index in [-0.39, 0.29) is 6.03 Å². The molecule has 94 valence electrons. The van der Waals surface area contributed by atoms with E-state index in [1.54, 1.807) is 13.1 Å². The second-order valence-corrected chi connectivity index (χ2v) is 4.63. The Balaban J connectivity index is 2.46. The van der Waals surface area contributed by atoms with Crippen LogP contribution in [-0.2, 0) is 0 Å². The third-order valence-corrected chi connectivity index (χ3v) is 2.85. The van der Waals surface area contributed by atoms with Gasteiger partial charge >= 0.3 is 6.03 Å². The van der Waals surface area contributed by atoms with E-state index in [1.807, 2.05) is 12.1 Å². The lowest BCUT2D eigenvalue weighted by atomic mass is 10.2. The summed E-state index contributed by atoms with van der Waals surface area (Å²) in [5, 5.41) is 2.87. The van der Waals surface area contributed by atoms with Crippen LogP contribution in [0.3, 0.4) is 0 Å². The second kappa shape index (κ2) is 7.27. The van der Waals surface area contributed by atoms with Gasteiger partial charge in [-0.25, -0.2) is 9.78 Å². The van der Waals surface area contributed by atoms with Gasteiger partial charge in [0.15, 0.2) is 0 Å². The fourth-order valence-corrected chi connectivity index (χ4v) is 1.71. The first-order chi connectivity index (χ1) is 8.15. The maximum Gasteiger partial charge on any atom is 0.322 e. The molecule has 0 aliphatic rings. The number of hydrogen-bond acceptors (Lipinski definition) is 2. The number of aromatic nitrogens is 1. The molecule has 0 saturated carbocycles. The molecule has 0 saturated heterocycles. The number of halogens is 1. The van der Waals surface area contributed by atoms with E-state index in [0.717, 1.165) is 23.9 Å². The zero-order chi connectivity index (χ0) is 12.7. The highest BCUT2D eigenvalue weighted by Crippen LogP contribution is 2.13. The Hall–Kier alpha value is -1.10. The second-order valence-electron chi connectivity index (χ2n) is 3.82. The number of carbonyl (C=O) groups is 1. The summed E-state index contributed by atoms with van der Waals surface area (Å²) in [5.74, 6) is 0.632. The molecular weight excluding hydrogens is 282 g/mol. The van der Waals surface area contributed by atoms with Crippen LogP contribution < -0.4 is 10.2 Å².